The molecule has 3 N–H and O–H groups in total. The van der Waals surface area contributed by atoms with Crippen LogP contribution in [-0.4, -0.2) is 11.9 Å². The van der Waals surface area contributed by atoms with Crippen LogP contribution >= 0.6 is 0 Å². The van der Waals surface area contributed by atoms with Crippen molar-refractivity contribution < 1.29 is 4.79 Å². The number of hydrogen-bond donors (Lipinski definition) is 2. The van der Waals surface area contributed by atoms with Crippen molar-refractivity contribution in [1.29, 1.82) is 0 Å². The van der Waals surface area contributed by atoms with Crippen LogP contribution < -0.4 is 11.1 Å². The summed E-state index contributed by atoms with van der Waals surface area (Å²) in [5, 5.41) is 2.99. The first kappa shape index (κ1) is 16.3. The maximum absolute atomic E-state index is 11.8. The Kier molecular flexibility index (Phi) is 7.48. The van der Waals surface area contributed by atoms with Crippen LogP contribution in [0.25, 0.3) is 6.08 Å². The summed E-state index contributed by atoms with van der Waals surface area (Å²) in [5.41, 5.74) is 7.32. The molecule has 1 atom stereocenters. The minimum Gasteiger partial charge on any atom is -0.399 e. The van der Waals surface area contributed by atoms with Crippen LogP contribution in [0.4, 0.5) is 5.69 Å². The molecular weight excluding hydrogens is 248 g/mol. The number of carbonyl (C=O) groups is 1. The number of hydrogen-bond acceptors (Lipinski definition) is 2. The van der Waals surface area contributed by atoms with E-state index in [1.807, 2.05) is 24.3 Å². The van der Waals surface area contributed by atoms with E-state index in [-0.39, 0.29) is 11.9 Å². The number of unbranched alkanes of at least 4 members (excludes halogenated alkanes) is 3. The predicted octanol–water partition coefficient (Wildman–Crippen LogP) is 3.76. The topological polar surface area (TPSA) is 55.1 Å². The summed E-state index contributed by atoms with van der Waals surface area (Å²) >= 11 is 0. The fraction of sp³-hybridized carbons (Fsp3) is 0.471. The zero-order valence-corrected chi connectivity index (χ0v) is 12.6. The van der Waals surface area contributed by atoms with Crippen molar-refractivity contribution in [2.45, 2.75) is 52.0 Å². The van der Waals surface area contributed by atoms with Crippen molar-refractivity contribution in [3.05, 3.63) is 35.9 Å². The predicted molar refractivity (Wildman–Crippen MR) is 86.3 cm³/mol. The molecule has 0 bridgehead atoms. The molecule has 0 heterocycles. The molecule has 3 nitrogen and oxygen atoms in total. The molecule has 0 aliphatic carbocycles. The Morgan fingerprint density at radius 1 is 1.25 bits per heavy atom. The van der Waals surface area contributed by atoms with Crippen molar-refractivity contribution in [1.82, 2.24) is 5.32 Å². The lowest BCUT2D eigenvalue weighted by atomic mass is 10.1. The number of nitrogen functional groups attached to an aromatic ring is 1. The van der Waals surface area contributed by atoms with Crippen LogP contribution in [-0.2, 0) is 4.79 Å². The van der Waals surface area contributed by atoms with Gasteiger partial charge in [0, 0.05) is 17.8 Å². The van der Waals surface area contributed by atoms with Crippen LogP contribution in [0.3, 0.4) is 0 Å². The second kappa shape index (κ2) is 9.18. The zero-order valence-electron chi connectivity index (χ0n) is 12.6. The summed E-state index contributed by atoms with van der Waals surface area (Å²) < 4.78 is 0. The van der Waals surface area contributed by atoms with E-state index in [4.69, 9.17) is 5.73 Å². The molecule has 0 spiro atoms. The van der Waals surface area contributed by atoms with Crippen molar-refractivity contribution in [2.75, 3.05) is 5.73 Å². The van der Waals surface area contributed by atoms with Gasteiger partial charge >= 0.3 is 0 Å². The number of benzene rings is 1. The van der Waals surface area contributed by atoms with Crippen molar-refractivity contribution in [2.24, 2.45) is 0 Å². The van der Waals surface area contributed by atoms with Crippen LogP contribution in [0.1, 0.15) is 51.5 Å². The van der Waals surface area contributed by atoms with Gasteiger partial charge in [-0.25, -0.2) is 0 Å². The molecule has 3 heteroatoms. The SMILES string of the molecule is CCCCCCC(C)NC(=O)/C=C/c1ccc(N)cc1. The fourth-order valence-corrected chi connectivity index (χ4v) is 2.02. The summed E-state index contributed by atoms with van der Waals surface area (Å²) in [4.78, 5) is 11.8. The van der Waals surface area contributed by atoms with E-state index >= 15 is 0 Å². The average molecular weight is 274 g/mol. The number of carbonyl (C=O) groups excluding carboxylic acids is 1. The Morgan fingerprint density at radius 3 is 2.60 bits per heavy atom. The molecule has 1 aromatic rings. The highest BCUT2D eigenvalue weighted by Gasteiger charge is 2.03. The number of anilines is 1. The van der Waals surface area contributed by atoms with E-state index in [0.717, 1.165) is 17.7 Å². The highest BCUT2D eigenvalue weighted by molar-refractivity contribution is 5.91. The standard InChI is InChI=1S/C17H26N2O/c1-3-4-5-6-7-14(2)19-17(20)13-10-15-8-11-16(18)12-9-15/h8-14H,3-7,18H2,1-2H3,(H,19,20)/b13-10+. The third-order valence-corrected chi connectivity index (χ3v) is 3.24. The maximum Gasteiger partial charge on any atom is 0.244 e. The lowest BCUT2D eigenvalue weighted by Crippen LogP contribution is -2.30. The molecule has 1 aromatic carbocycles. The Hall–Kier alpha value is -1.77. The maximum atomic E-state index is 11.8. The second-order valence-corrected chi connectivity index (χ2v) is 5.26. The first-order valence-corrected chi connectivity index (χ1v) is 7.46. The highest BCUT2D eigenvalue weighted by Crippen LogP contribution is 2.07. The largest absolute Gasteiger partial charge is 0.399 e. The van der Waals surface area contributed by atoms with Gasteiger partial charge in [0.25, 0.3) is 0 Å². The van der Waals surface area contributed by atoms with Crippen molar-refractivity contribution in [3.63, 3.8) is 0 Å². The number of amides is 1. The van der Waals surface area contributed by atoms with Gasteiger partial charge in [-0.3, -0.25) is 4.79 Å². The second-order valence-electron chi connectivity index (χ2n) is 5.26. The highest BCUT2D eigenvalue weighted by atomic mass is 16.1. The summed E-state index contributed by atoms with van der Waals surface area (Å²) in [7, 11) is 0. The van der Waals surface area contributed by atoms with Gasteiger partial charge in [0.15, 0.2) is 0 Å². The van der Waals surface area contributed by atoms with Gasteiger partial charge < -0.3 is 11.1 Å². The Labute approximate surface area is 122 Å². The third kappa shape index (κ3) is 6.98. The molecule has 0 aromatic heterocycles. The molecule has 1 amide bonds. The molecule has 1 unspecified atom stereocenters. The Bertz CT molecular complexity index is 423. The van der Waals surface area contributed by atoms with Crippen molar-refractivity contribution >= 4 is 17.7 Å². The monoisotopic (exact) mass is 274 g/mol. The molecule has 0 fully saturated rings. The van der Waals surface area contributed by atoms with Gasteiger partial charge in [-0.15, -0.1) is 0 Å². The van der Waals surface area contributed by atoms with Crippen LogP contribution in [0.15, 0.2) is 30.3 Å². The number of nitrogens with one attached hydrogen (secondary N) is 1. The third-order valence-electron chi connectivity index (χ3n) is 3.24. The van der Waals surface area contributed by atoms with Gasteiger partial charge in [-0.2, -0.15) is 0 Å². The molecule has 20 heavy (non-hydrogen) atoms. The summed E-state index contributed by atoms with van der Waals surface area (Å²) in [5.74, 6) is -0.0372. The van der Waals surface area contributed by atoms with Crippen LogP contribution in [0, 0.1) is 0 Å². The Morgan fingerprint density at radius 2 is 1.95 bits per heavy atom. The number of nitrogens with two attached hydrogens (primary N) is 1. The molecule has 1 rings (SSSR count). The van der Waals surface area contributed by atoms with Gasteiger partial charge in [0.2, 0.25) is 5.91 Å². The van der Waals surface area contributed by atoms with Crippen molar-refractivity contribution in [3.8, 4) is 0 Å². The molecule has 0 aliphatic heterocycles. The lowest BCUT2D eigenvalue weighted by molar-refractivity contribution is -0.117. The first-order chi connectivity index (χ1) is 9.61. The fourth-order valence-electron chi connectivity index (χ4n) is 2.02. The molecule has 0 aliphatic rings. The molecule has 0 radical (unpaired) electrons. The zero-order chi connectivity index (χ0) is 14.8. The van der Waals surface area contributed by atoms with Crippen LogP contribution in [0.5, 0.6) is 0 Å². The minimum absolute atomic E-state index is 0.0372. The van der Waals surface area contributed by atoms with E-state index in [9.17, 15) is 4.79 Å². The van der Waals surface area contributed by atoms with Gasteiger partial charge in [0.1, 0.15) is 0 Å². The lowest BCUT2D eigenvalue weighted by Gasteiger charge is -2.11. The molecular formula is C17H26N2O. The Balaban J connectivity index is 2.30. The van der Waals surface area contributed by atoms with Gasteiger partial charge in [-0.05, 0) is 37.1 Å². The first-order valence-electron chi connectivity index (χ1n) is 7.46. The molecule has 0 saturated carbocycles. The molecule has 110 valence electrons. The normalized spacial score (nSPS) is 12.5. The number of rotatable bonds is 8. The summed E-state index contributed by atoms with van der Waals surface area (Å²) in [6, 6.07) is 7.68. The van der Waals surface area contributed by atoms with E-state index < -0.39 is 0 Å². The molecule has 0 saturated heterocycles. The summed E-state index contributed by atoms with van der Waals surface area (Å²) in [6.45, 7) is 4.26. The van der Waals surface area contributed by atoms with E-state index in [2.05, 4.69) is 19.2 Å². The quantitative estimate of drug-likeness (QED) is 0.431. The van der Waals surface area contributed by atoms with Gasteiger partial charge in [0.05, 0.1) is 0 Å². The van der Waals surface area contributed by atoms with E-state index in [1.54, 1.807) is 12.2 Å². The van der Waals surface area contributed by atoms with Gasteiger partial charge in [-0.1, -0.05) is 44.7 Å². The summed E-state index contributed by atoms with van der Waals surface area (Å²) in [6.07, 6.45) is 9.37. The average Bonchev–Trinajstić information content (AvgIpc) is 2.43. The smallest absolute Gasteiger partial charge is 0.244 e. The van der Waals surface area contributed by atoms with Crippen LogP contribution in [0.2, 0.25) is 0 Å². The minimum atomic E-state index is -0.0372. The van der Waals surface area contributed by atoms with E-state index in [1.165, 1.54) is 25.7 Å². The van der Waals surface area contributed by atoms with E-state index in [0.29, 0.717) is 0 Å².